The van der Waals surface area contributed by atoms with Gasteiger partial charge in [-0.15, -0.1) is 0 Å². The molecule has 8 nitrogen and oxygen atoms in total. The van der Waals surface area contributed by atoms with E-state index in [1.807, 2.05) is 0 Å². The second-order valence-electron chi connectivity index (χ2n) is 4.66. The van der Waals surface area contributed by atoms with Gasteiger partial charge < -0.3 is 14.8 Å². The molecule has 0 bridgehead atoms. The Balaban J connectivity index is 1.67. The first-order valence-electron chi connectivity index (χ1n) is 7.10. The molecule has 0 spiro atoms. The zero-order valence-corrected chi connectivity index (χ0v) is 13.0. The van der Waals surface area contributed by atoms with Gasteiger partial charge in [0.1, 0.15) is 24.7 Å². The molecule has 1 aromatic heterocycles. The third-order valence-corrected chi connectivity index (χ3v) is 2.87. The fraction of sp³-hybridized carbons (Fsp3) is 0.267. The summed E-state index contributed by atoms with van der Waals surface area (Å²) in [5, 5.41) is 9.10. The lowest BCUT2D eigenvalue weighted by Gasteiger charge is -2.08. The average Bonchev–Trinajstić information content (AvgIpc) is 3.00. The highest BCUT2D eigenvalue weighted by Crippen LogP contribution is 2.10. The van der Waals surface area contributed by atoms with Crippen molar-refractivity contribution in [1.29, 1.82) is 0 Å². The number of ether oxygens (including phenoxy) is 2. The number of amides is 2. The Hall–Kier alpha value is -3.10. The van der Waals surface area contributed by atoms with E-state index in [2.05, 4.69) is 20.5 Å². The van der Waals surface area contributed by atoms with Crippen LogP contribution in [-0.2, 0) is 16.1 Å². The summed E-state index contributed by atoms with van der Waals surface area (Å²) in [5.41, 5.74) is 0. The standard InChI is InChI=1S/C15H17FN4O4/c1-23-14(21)10-20-8-6-13(19-20)18-15(22)17-7-9-24-12-4-2-11(16)3-5-12/h2-6,8H,7,9-10H2,1H3,(H2,17,18,19,22). The summed E-state index contributed by atoms with van der Waals surface area (Å²) in [6.07, 6.45) is 1.55. The number of nitrogens with one attached hydrogen (secondary N) is 2. The number of anilines is 1. The number of benzene rings is 1. The first-order valence-corrected chi connectivity index (χ1v) is 7.10. The fourth-order valence-electron chi connectivity index (χ4n) is 1.74. The molecule has 0 aliphatic carbocycles. The van der Waals surface area contributed by atoms with E-state index in [9.17, 15) is 14.0 Å². The molecule has 1 aromatic carbocycles. The Kier molecular flexibility index (Phi) is 6.12. The molecule has 2 amide bonds. The van der Waals surface area contributed by atoms with Crippen molar-refractivity contribution in [1.82, 2.24) is 15.1 Å². The van der Waals surface area contributed by atoms with Crippen LogP contribution in [0.1, 0.15) is 0 Å². The van der Waals surface area contributed by atoms with Gasteiger partial charge in [0, 0.05) is 12.3 Å². The van der Waals surface area contributed by atoms with Gasteiger partial charge in [0.15, 0.2) is 5.82 Å². The Morgan fingerprint density at radius 3 is 2.71 bits per heavy atom. The molecule has 0 fully saturated rings. The van der Waals surface area contributed by atoms with Crippen LogP contribution >= 0.6 is 0 Å². The largest absolute Gasteiger partial charge is 0.492 e. The van der Waals surface area contributed by atoms with Gasteiger partial charge in [-0.05, 0) is 24.3 Å². The third-order valence-electron chi connectivity index (χ3n) is 2.87. The number of urea groups is 1. The molecule has 2 rings (SSSR count). The molecule has 0 aliphatic heterocycles. The molecular weight excluding hydrogens is 319 g/mol. The first kappa shape index (κ1) is 17.3. The van der Waals surface area contributed by atoms with Crippen molar-refractivity contribution in [2.24, 2.45) is 0 Å². The van der Waals surface area contributed by atoms with Crippen molar-refractivity contribution in [2.75, 3.05) is 25.6 Å². The van der Waals surface area contributed by atoms with Crippen molar-refractivity contribution in [3.8, 4) is 5.75 Å². The zero-order chi connectivity index (χ0) is 17.4. The van der Waals surface area contributed by atoms with Crippen LogP contribution in [0.2, 0.25) is 0 Å². The minimum Gasteiger partial charge on any atom is -0.492 e. The number of aromatic nitrogens is 2. The van der Waals surface area contributed by atoms with Crippen molar-refractivity contribution in [3.63, 3.8) is 0 Å². The summed E-state index contributed by atoms with van der Waals surface area (Å²) < 4.78 is 23.9. The van der Waals surface area contributed by atoms with Crippen molar-refractivity contribution in [2.45, 2.75) is 6.54 Å². The summed E-state index contributed by atoms with van der Waals surface area (Å²) in [7, 11) is 1.28. The maximum absolute atomic E-state index is 12.7. The van der Waals surface area contributed by atoms with Crippen LogP contribution < -0.4 is 15.4 Å². The summed E-state index contributed by atoms with van der Waals surface area (Å²) in [4.78, 5) is 22.8. The molecule has 2 N–H and O–H groups in total. The number of nitrogens with zero attached hydrogens (tertiary/aromatic N) is 2. The maximum Gasteiger partial charge on any atom is 0.327 e. The molecule has 0 aliphatic rings. The quantitative estimate of drug-likeness (QED) is 0.589. The zero-order valence-electron chi connectivity index (χ0n) is 13.0. The second kappa shape index (κ2) is 8.51. The summed E-state index contributed by atoms with van der Waals surface area (Å²) in [6, 6.07) is 6.69. The predicted octanol–water partition coefficient (Wildman–Crippen LogP) is 1.40. The molecule has 0 saturated carbocycles. The number of carbonyl (C=O) groups is 2. The minimum absolute atomic E-state index is 0.0364. The lowest BCUT2D eigenvalue weighted by atomic mass is 10.3. The van der Waals surface area contributed by atoms with Crippen LogP contribution in [0, 0.1) is 5.82 Å². The van der Waals surface area contributed by atoms with Gasteiger partial charge >= 0.3 is 12.0 Å². The fourth-order valence-corrected chi connectivity index (χ4v) is 1.74. The van der Waals surface area contributed by atoms with E-state index in [4.69, 9.17) is 4.74 Å². The number of esters is 1. The summed E-state index contributed by atoms with van der Waals surface area (Å²) >= 11 is 0. The molecule has 2 aromatic rings. The summed E-state index contributed by atoms with van der Waals surface area (Å²) in [6.45, 7) is 0.452. The van der Waals surface area contributed by atoms with Gasteiger partial charge in [-0.2, -0.15) is 5.10 Å². The van der Waals surface area contributed by atoms with E-state index in [-0.39, 0.29) is 25.5 Å². The van der Waals surface area contributed by atoms with Crippen molar-refractivity contribution in [3.05, 3.63) is 42.3 Å². The van der Waals surface area contributed by atoms with Crippen LogP contribution in [0.4, 0.5) is 15.0 Å². The van der Waals surface area contributed by atoms with Crippen molar-refractivity contribution >= 4 is 17.8 Å². The predicted molar refractivity (Wildman–Crippen MR) is 83.2 cm³/mol. The molecule has 1 heterocycles. The number of halogens is 1. The van der Waals surface area contributed by atoms with E-state index >= 15 is 0 Å². The molecular formula is C15H17FN4O4. The highest BCUT2D eigenvalue weighted by atomic mass is 19.1. The SMILES string of the molecule is COC(=O)Cn1ccc(NC(=O)NCCOc2ccc(F)cc2)n1. The number of hydrogen-bond acceptors (Lipinski definition) is 5. The molecule has 0 atom stereocenters. The molecule has 24 heavy (non-hydrogen) atoms. The van der Waals surface area contributed by atoms with Gasteiger partial charge in [-0.1, -0.05) is 0 Å². The lowest BCUT2D eigenvalue weighted by Crippen LogP contribution is -2.32. The number of hydrogen-bond donors (Lipinski definition) is 2. The van der Waals surface area contributed by atoms with Gasteiger partial charge in [-0.25, -0.2) is 9.18 Å². The highest BCUT2D eigenvalue weighted by Gasteiger charge is 2.07. The maximum atomic E-state index is 12.7. The van der Waals surface area contributed by atoms with Gasteiger partial charge in [-0.3, -0.25) is 14.8 Å². The van der Waals surface area contributed by atoms with Gasteiger partial charge in [0.25, 0.3) is 0 Å². The Labute approximate surface area is 137 Å². The van der Waals surface area contributed by atoms with Crippen LogP contribution in [0.5, 0.6) is 5.75 Å². The molecule has 9 heteroatoms. The van der Waals surface area contributed by atoms with Crippen LogP contribution in [0.3, 0.4) is 0 Å². The summed E-state index contributed by atoms with van der Waals surface area (Å²) in [5.74, 6) is 0.0366. The monoisotopic (exact) mass is 336 g/mol. The highest BCUT2D eigenvalue weighted by molar-refractivity contribution is 5.88. The van der Waals surface area contributed by atoms with Crippen LogP contribution in [0.25, 0.3) is 0 Å². The molecule has 0 radical (unpaired) electrons. The number of methoxy groups -OCH3 is 1. The molecule has 128 valence electrons. The number of carbonyl (C=O) groups excluding carboxylic acids is 2. The lowest BCUT2D eigenvalue weighted by molar-refractivity contribution is -0.141. The van der Waals surface area contributed by atoms with E-state index in [1.54, 1.807) is 12.3 Å². The number of rotatable bonds is 7. The average molecular weight is 336 g/mol. The minimum atomic E-state index is -0.457. The van der Waals surface area contributed by atoms with Gasteiger partial charge in [0.2, 0.25) is 0 Å². The van der Waals surface area contributed by atoms with E-state index in [0.717, 1.165) is 0 Å². The van der Waals surface area contributed by atoms with Crippen molar-refractivity contribution < 1.29 is 23.5 Å². The topological polar surface area (TPSA) is 94.5 Å². The molecule has 0 saturated heterocycles. The Bertz CT molecular complexity index is 687. The van der Waals surface area contributed by atoms with Crippen LogP contribution in [-0.4, -0.2) is 42.0 Å². The van der Waals surface area contributed by atoms with E-state index in [0.29, 0.717) is 11.6 Å². The van der Waals surface area contributed by atoms with E-state index in [1.165, 1.54) is 36.1 Å². The van der Waals surface area contributed by atoms with E-state index < -0.39 is 12.0 Å². The second-order valence-corrected chi connectivity index (χ2v) is 4.66. The Morgan fingerprint density at radius 2 is 2.00 bits per heavy atom. The van der Waals surface area contributed by atoms with Gasteiger partial charge in [0.05, 0.1) is 13.7 Å². The molecule has 0 unspecified atom stereocenters. The van der Waals surface area contributed by atoms with Crippen LogP contribution in [0.15, 0.2) is 36.5 Å². The third kappa shape index (κ3) is 5.59. The normalized spacial score (nSPS) is 10.1. The first-order chi connectivity index (χ1) is 11.6. The Morgan fingerprint density at radius 1 is 1.25 bits per heavy atom. The smallest absolute Gasteiger partial charge is 0.327 e.